The second-order valence-corrected chi connectivity index (χ2v) is 9.76. The number of furan rings is 1. The fourth-order valence-corrected chi connectivity index (χ4v) is 4.94. The van der Waals surface area contributed by atoms with Gasteiger partial charge in [0.05, 0.1) is 23.3 Å². The van der Waals surface area contributed by atoms with Crippen LogP contribution in [-0.2, 0) is 16.1 Å². The number of carbonyl (C=O) groups excluding carboxylic acids is 1. The van der Waals surface area contributed by atoms with Gasteiger partial charge in [0.25, 0.3) is 11.5 Å². The SMILES string of the molecule is Cc1ccc2nc(NCc3ccco3)c(C=C3SC(=S)N(CCCCCC(=O)O)C3=O)c(=O)n2c1. The third-order valence-electron chi connectivity index (χ3n) is 5.44. The minimum absolute atomic E-state index is 0.102. The van der Waals surface area contributed by atoms with E-state index in [1.807, 2.05) is 19.1 Å². The number of aromatic nitrogens is 2. The van der Waals surface area contributed by atoms with E-state index in [-0.39, 0.29) is 23.5 Å². The lowest BCUT2D eigenvalue weighted by molar-refractivity contribution is -0.137. The van der Waals surface area contributed by atoms with Crippen molar-refractivity contribution in [3.8, 4) is 0 Å². The molecule has 182 valence electrons. The topological polar surface area (TPSA) is 117 Å². The van der Waals surface area contributed by atoms with Crippen molar-refractivity contribution in [1.82, 2.24) is 14.3 Å². The second kappa shape index (κ2) is 10.9. The van der Waals surface area contributed by atoms with E-state index >= 15 is 0 Å². The van der Waals surface area contributed by atoms with Gasteiger partial charge in [-0.05, 0) is 49.6 Å². The zero-order valence-corrected chi connectivity index (χ0v) is 20.7. The highest BCUT2D eigenvalue weighted by molar-refractivity contribution is 8.26. The number of nitrogens with zero attached hydrogens (tertiary/aromatic N) is 3. The fourth-order valence-electron chi connectivity index (χ4n) is 3.65. The third kappa shape index (κ3) is 5.80. The van der Waals surface area contributed by atoms with Crippen LogP contribution in [0.1, 0.15) is 42.6 Å². The molecule has 3 aromatic heterocycles. The van der Waals surface area contributed by atoms with Crippen molar-refractivity contribution in [2.75, 3.05) is 11.9 Å². The lowest BCUT2D eigenvalue weighted by Crippen LogP contribution is -2.29. The summed E-state index contributed by atoms with van der Waals surface area (Å²) in [5, 5.41) is 11.9. The first kappa shape index (κ1) is 24.7. The number of carboxylic acids is 1. The molecular formula is C24H24N4O5S2. The number of anilines is 1. The largest absolute Gasteiger partial charge is 0.481 e. The molecule has 0 spiro atoms. The van der Waals surface area contributed by atoms with Crippen molar-refractivity contribution in [1.29, 1.82) is 0 Å². The molecule has 1 aliphatic heterocycles. The first-order valence-electron chi connectivity index (χ1n) is 11.1. The van der Waals surface area contributed by atoms with Gasteiger partial charge in [-0.3, -0.25) is 23.7 Å². The highest BCUT2D eigenvalue weighted by Crippen LogP contribution is 2.33. The molecule has 9 nitrogen and oxygen atoms in total. The Bertz CT molecular complexity index is 1360. The van der Waals surface area contributed by atoms with E-state index in [0.29, 0.717) is 58.8 Å². The van der Waals surface area contributed by atoms with Crippen molar-refractivity contribution in [3.63, 3.8) is 0 Å². The molecular weight excluding hydrogens is 488 g/mol. The number of hydrogen-bond acceptors (Lipinski definition) is 8. The molecule has 4 heterocycles. The van der Waals surface area contributed by atoms with Crippen LogP contribution in [0.25, 0.3) is 11.7 Å². The molecule has 1 saturated heterocycles. The van der Waals surface area contributed by atoms with Crippen LogP contribution >= 0.6 is 24.0 Å². The Kier molecular flexibility index (Phi) is 7.67. The van der Waals surface area contributed by atoms with Crippen LogP contribution in [0.3, 0.4) is 0 Å². The van der Waals surface area contributed by atoms with Gasteiger partial charge in [0.2, 0.25) is 0 Å². The molecule has 1 fully saturated rings. The van der Waals surface area contributed by atoms with Crippen LogP contribution in [0.4, 0.5) is 5.82 Å². The highest BCUT2D eigenvalue weighted by atomic mass is 32.2. The molecule has 0 bridgehead atoms. The highest BCUT2D eigenvalue weighted by Gasteiger charge is 2.32. The van der Waals surface area contributed by atoms with Gasteiger partial charge in [-0.2, -0.15) is 0 Å². The maximum absolute atomic E-state index is 13.4. The number of aliphatic carboxylic acids is 1. The van der Waals surface area contributed by atoms with Crippen molar-refractivity contribution < 1.29 is 19.1 Å². The number of thiocarbonyl (C=S) groups is 1. The van der Waals surface area contributed by atoms with Crippen molar-refractivity contribution >= 4 is 57.7 Å². The number of aryl methyl sites for hydroxylation is 1. The number of nitrogens with one attached hydrogen (secondary N) is 1. The molecule has 11 heteroatoms. The van der Waals surface area contributed by atoms with E-state index in [1.54, 1.807) is 24.6 Å². The number of amides is 1. The Morgan fingerprint density at radius 1 is 1.26 bits per heavy atom. The minimum Gasteiger partial charge on any atom is -0.481 e. The molecule has 1 amide bonds. The predicted octanol–water partition coefficient (Wildman–Crippen LogP) is 4.05. The average Bonchev–Trinajstić information content (AvgIpc) is 3.43. The van der Waals surface area contributed by atoms with Gasteiger partial charge in [-0.15, -0.1) is 0 Å². The summed E-state index contributed by atoms with van der Waals surface area (Å²) in [5.41, 5.74) is 1.33. The van der Waals surface area contributed by atoms with Gasteiger partial charge in [-0.1, -0.05) is 36.5 Å². The number of rotatable bonds is 10. The summed E-state index contributed by atoms with van der Waals surface area (Å²) < 4.78 is 7.24. The summed E-state index contributed by atoms with van der Waals surface area (Å²) in [5.74, 6) is -0.0882. The molecule has 4 rings (SSSR count). The summed E-state index contributed by atoms with van der Waals surface area (Å²) in [6.45, 7) is 2.61. The summed E-state index contributed by atoms with van der Waals surface area (Å²) in [4.78, 5) is 43.6. The predicted molar refractivity (Wildman–Crippen MR) is 138 cm³/mol. The van der Waals surface area contributed by atoms with Crippen LogP contribution in [0, 0.1) is 6.92 Å². The van der Waals surface area contributed by atoms with Crippen LogP contribution in [0.15, 0.2) is 50.8 Å². The quantitative estimate of drug-likeness (QED) is 0.236. The smallest absolute Gasteiger partial charge is 0.303 e. The third-order valence-corrected chi connectivity index (χ3v) is 6.81. The number of thioether (sulfide) groups is 1. The van der Waals surface area contributed by atoms with Gasteiger partial charge in [0, 0.05) is 19.2 Å². The number of carbonyl (C=O) groups is 2. The molecule has 3 aromatic rings. The maximum atomic E-state index is 13.4. The number of pyridine rings is 1. The summed E-state index contributed by atoms with van der Waals surface area (Å²) in [6.07, 6.45) is 6.78. The van der Waals surface area contributed by atoms with Crippen LogP contribution in [0.5, 0.6) is 0 Å². The van der Waals surface area contributed by atoms with Gasteiger partial charge in [0.15, 0.2) is 0 Å². The Labute approximate surface area is 210 Å². The Morgan fingerprint density at radius 3 is 2.83 bits per heavy atom. The van der Waals surface area contributed by atoms with Crippen molar-refractivity contribution in [2.45, 2.75) is 39.2 Å². The molecule has 1 aliphatic rings. The monoisotopic (exact) mass is 512 g/mol. The molecule has 0 aromatic carbocycles. The van der Waals surface area contributed by atoms with E-state index in [0.717, 1.165) is 17.3 Å². The Morgan fingerprint density at radius 2 is 2.09 bits per heavy atom. The zero-order valence-electron chi connectivity index (χ0n) is 19.0. The fraction of sp³-hybridized carbons (Fsp3) is 0.292. The standard InChI is InChI=1S/C24H24N4O5S2/c1-15-8-9-19-26-21(25-13-16-6-5-11-33-16)17(22(31)28(19)14-15)12-18-23(32)27(24(34)35-18)10-4-2-3-7-20(29)30/h5-6,8-9,11-12,14,25H,2-4,7,10,13H2,1H3,(H,29,30). The average molecular weight is 513 g/mol. The van der Waals surface area contributed by atoms with Crippen molar-refractivity contribution in [3.05, 3.63) is 68.9 Å². The summed E-state index contributed by atoms with van der Waals surface area (Å²) >= 11 is 6.54. The second-order valence-electron chi connectivity index (χ2n) is 8.08. The van der Waals surface area contributed by atoms with Gasteiger partial charge < -0.3 is 14.8 Å². The summed E-state index contributed by atoms with van der Waals surface area (Å²) in [7, 11) is 0. The van der Waals surface area contributed by atoms with E-state index in [2.05, 4.69) is 10.3 Å². The van der Waals surface area contributed by atoms with E-state index in [4.69, 9.17) is 21.7 Å². The van der Waals surface area contributed by atoms with E-state index in [9.17, 15) is 14.4 Å². The van der Waals surface area contributed by atoms with E-state index in [1.165, 1.54) is 15.4 Å². The maximum Gasteiger partial charge on any atom is 0.303 e. The zero-order chi connectivity index (χ0) is 24.9. The van der Waals surface area contributed by atoms with Crippen molar-refractivity contribution in [2.24, 2.45) is 0 Å². The van der Waals surface area contributed by atoms with Crippen LogP contribution in [0.2, 0.25) is 0 Å². The first-order chi connectivity index (χ1) is 16.8. The number of fused-ring (bicyclic) bond motifs is 1. The first-order valence-corrected chi connectivity index (χ1v) is 12.3. The molecule has 35 heavy (non-hydrogen) atoms. The molecule has 0 aliphatic carbocycles. The van der Waals surface area contributed by atoms with Crippen LogP contribution < -0.4 is 10.9 Å². The lowest BCUT2D eigenvalue weighted by atomic mass is 10.2. The molecule has 0 unspecified atom stereocenters. The molecule has 0 atom stereocenters. The number of unbranched alkanes of at least 4 members (excludes halogenated alkanes) is 2. The Balaban J connectivity index is 1.61. The van der Waals surface area contributed by atoms with Gasteiger partial charge >= 0.3 is 5.97 Å². The van der Waals surface area contributed by atoms with Crippen LogP contribution in [-0.4, -0.2) is 42.1 Å². The molecule has 2 N–H and O–H groups in total. The molecule has 0 radical (unpaired) electrons. The minimum atomic E-state index is -0.833. The van der Waals surface area contributed by atoms with E-state index < -0.39 is 5.97 Å². The normalized spacial score (nSPS) is 14.9. The molecule has 0 saturated carbocycles. The number of carboxylic acid groups (broad SMARTS) is 1. The Hall–Kier alpha value is -3.44. The lowest BCUT2D eigenvalue weighted by Gasteiger charge is -2.14. The number of hydrogen-bond donors (Lipinski definition) is 2. The van der Waals surface area contributed by atoms with Gasteiger partial charge in [0.1, 0.15) is 21.5 Å². The van der Waals surface area contributed by atoms with Gasteiger partial charge in [-0.25, -0.2) is 4.98 Å². The summed E-state index contributed by atoms with van der Waals surface area (Å²) in [6, 6.07) is 7.23.